The minimum Gasteiger partial charge on any atom is -0.252 e. The lowest BCUT2D eigenvalue weighted by Crippen LogP contribution is -1.98. The molecule has 0 bridgehead atoms. The Morgan fingerprint density at radius 2 is 2.07 bits per heavy atom. The molecule has 2 aromatic rings. The summed E-state index contributed by atoms with van der Waals surface area (Å²) in [7, 11) is 0. The third-order valence-electron chi connectivity index (χ3n) is 1.98. The second kappa shape index (κ2) is 3.42. The Bertz CT molecular complexity index is 430. The molecule has 2 aromatic heterocycles. The highest BCUT2D eigenvalue weighted by Crippen LogP contribution is 2.20. The van der Waals surface area contributed by atoms with E-state index >= 15 is 0 Å². The molecule has 0 saturated carbocycles. The van der Waals surface area contributed by atoms with E-state index < -0.39 is 5.95 Å². The van der Waals surface area contributed by atoms with E-state index in [-0.39, 0.29) is 0 Å². The summed E-state index contributed by atoms with van der Waals surface area (Å²) in [5, 5.41) is 0. The zero-order valence-corrected chi connectivity index (χ0v) is 8.60. The van der Waals surface area contributed by atoms with Crippen molar-refractivity contribution in [1.82, 2.24) is 15.0 Å². The zero-order valence-electron chi connectivity index (χ0n) is 7.78. The molecule has 0 unspecified atom stereocenters. The minimum absolute atomic E-state index is 0.410. The molecule has 0 aliphatic rings. The van der Waals surface area contributed by atoms with Crippen molar-refractivity contribution in [2.75, 3.05) is 0 Å². The van der Waals surface area contributed by atoms with E-state index in [4.69, 9.17) is 0 Å². The van der Waals surface area contributed by atoms with Crippen LogP contribution in [0.15, 0.2) is 11.7 Å². The molecule has 0 saturated heterocycles. The van der Waals surface area contributed by atoms with Gasteiger partial charge in [0.2, 0.25) is 5.95 Å². The quantitative estimate of drug-likeness (QED) is 0.677. The van der Waals surface area contributed by atoms with Gasteiger partial charge in [-0.25, -0.2) is 4.98 Å². The molecule has 0 aliphatic carbocycles. The zero-order chi connectivity index (χ0) is 10.1. The normalized spacial score (nSPS) is 10.5. The van der Waals surface area contributed by atoms with Gasteiger partial charge in [0.25, 0.3) is 0 Å². The van der Waals surface area contributed by atoms with Gasteiger partial charge >= 0.3 is 0 Å². The van der Waals surface area contributed by atoms with Crippen molar-refractivity contribution in [3.05, 3.63) is 28.9 Å². The van der Waals surface area contributed by atoms with Crippen molar-refractivity contribution >= 4 is 11.3 Å². The average molecular weight is 209 g/mol. The van der Waals surface area contributed by atoms with Crippen LogP contribution in [0.5, 0.6) is 0 Å². The highest BCUT2D eigenvalue weighted by Gasteiger charge is 2.09. The summed E-state index contributed by atoms with van der Waals surface area (Å²) in [6.07, 6.45) is 1.63. The van der Waals surface area contributed by atoms with Crippen molar-refractivity contribution in [2.45, 2.75) is 13.8 Å². The van der Waals surface area contributed by atoms with Crippen molar-refractivity contribution in [1.29, 1.82) is 0 Å². The van der Waals surface area contributed by atoms with Crippen molar-refractivity contribution in [2.24, 2.45) is 0 Å². The molecular formula is C9H8FN3S. The van der Waals surface area contributed by atoms with Crippen LogP contribution in [0.2, 0.25) is 0 Å². The molecule has 0 atom stereocenters. The molecule has 0 radical (unpaired) electrons. The smallest absolute Gasteiger partial charge is 0.219 e. The summed E-state index contributed by atoms with van der Waals surface area (Å²) in [4.78, 5) is 12.6. The van der Waals surface area contributed by atoms with Gasteiger partial charge in [-0.2, -0.15) is 9.37 Å². The molecule has 5 heteroatoms. The van der Waals surface area contributed by atoms with Crippen LogP contribution < -0.4 is 0 Å². The molecule has 0 amide bonds. The summed E-state index contributed by atoms with van der Waals surface area (Å²) in [6.45, 7) is 3.44. The van der Waals surface area contributed by atoms with Gasteiger partial charge in [0, 0.05) is 17.5 Å². The summed E-state index contributed by atoms with van der Waals surface area (Å²) < 4.78 is 13.3. The lowest BCUT2D eigenvalue weighted by Gasteiger charge is -2.02. The molecule has 0 fully saturated rings. The number of aryl methyl sites for hydroxylation is 1. The van der Waals surface area contributed by atoms with Gasteiger partial charge in [-0.1, -0.05) is 0 Å². The Balaban J connectivity index is 2.57. The lowest BCUT2D eigenvalue weighted by molar-refractivity contribution is 0.569. The second-order valence-electron chi connectivity index (χ2n) is 2.91. The largest absolute Gasteiger partial charge is 0.252 e. The van der Waals surface area contributed by atoms with Gasteiger partial charge in [0.05, 0.1) is 10.4 Å². The monoisotopic (exact) mass is 209 g/mol. The summed E-state index contributed by atoms with van der Waals surface area (Å²) in [5.41, 5.74) is 2.84. The first kappa shape index (κ1) is 9.21. The van der Waals surface area contributed by atoms with Crippen LogP contribution in [0.3, 0.4) is 0 Å². The van der Waals surface area contributed by atoms with Gasteiger partial charge in [-0.3, -0.25) is 4.98 Å². The molecular weight excluding hydrogens is 201 g/mol. The van der Waals surface area contributed by atoms with Crippen LogP contribution in [0, 0.1) is 19.8 Å². The van der Waals surface area contributed by atoms with E-state index in [1.54, 1.807) is 25.6 Å². The Hall–Kier alpha value is -1.36. The number of halogens is 1. The van der Waals surface area contributed by atoms with E-state index in [1.165, 1.54) is 11.3 Å². The van der Waals surface area contributed by atoms with E-state index in [9.17, 15) is 4.39 Å². The number of aromatic nitrogens is 3. The molecule has 0 aromatic carbocycles. The maximum atomic E-state index is 13.3. The third kappa shape index (κ3) is 1.50. The molecule has 0 aliphatic heterocycles. The first-order valence-electron chi connectivity index (χ1n) is 4.08. The number of nitrogens with zero attached hydrogens (tertiary/aromatic N) is 3. The van der Waals surface area contributed by atoms with Gasteiger partial charge in [-0.15, -0.1) is 11.3 Å². The fourth-order valence-electron chi connectivity index (χ4n) is 1.03. The Morgan fingerprint density at radius 3 is 2.64 bits per heavy atom. The summed E-state index contributed by atoms with van der Waals surface area (Å²) >= 11 is 1.40. The molecule has 2 heterocycles. The van der Waals surface area contributed by atoms with E-state index in [2.05, 4.69) is 15.0 Å². The molecule has 0 spiro atoms. The van der Waals surface area contributed by atoms with E-state index in [0.29, 0.717) is 17.1 Å². The van der Waals surface area contributed by atoms with Gasteiger partial charge in [0.1, 0.15) is 0 Å². The lowest BCUT2D eigenvalue weighted by atomic mass is 10.2. The maximum Gasteiger partial charge on any atom is 0.219 e. The SMILES string of the molecule is Cc1nc(-c2cncs2)nc(F)c1C. The van der Waals surface area contributed by atoms with Crippen LogP contribution in [0.1, 0.15) is 11.3 Å². The topological polar surface area (TPSA) is 38.7 Å². The number of hydrogen-bond acceptors (Lipinski definition) is 4. The maximum absolute atomic E-state index is 13.3. The molecule has 14 heavy (non-hydrogen) atoms. The van der Waals surface area contributed by atoms with Crippen molar-refractivity contribution in [3.63, 3.8) is 0 Å². The Kier molecular flexibility index (Phi) is 2.25. The minimum atomic E-state index is -0.457. The van der Waals surface area contributed by atoms with Gasteiger partial charge in [-0.05, 0) is 13.8 Å². The molecule has 3 nitrogen and oxygen atoms in total. The van der Waals surface area contributed by atoms with Crippen LogP contribution >= 0.6 is 11.3 Å². The standard InChI is InChI=1S/C9H8FN3S/c1-5-6(2)12-9(13-8(5)10)7-3-11-4-14-7/h3-4H,1-2H3. The average Bonchev–Trinajstić information content (AvgIpc) is 2.66. The van der Waals surface area contributed by atoms with E-state index in [0.717, 1.165) is 4.88 Å². The first-order valence-corrected chi connectivity index (χ1v) is 4.96. The molecule has 0 N–H and O–H groups in total. The van der Waals surface area contributed by atoms with Crippen LogP contribution in [0.25, 0.3) is 10.7 Å². The summed E-state index contributed by atoms with van der Waals surface area (Å²) in [6, 6.07) is 0. The van der Waals surface area contributed by atoms with E-state index in [1.807, 2.05) is 0 Å². The fraction of sp³-hybridized carbons (Fsp3) is 0.222. The Labute approximate surface area is 84.7 Å². The molecule has 2 rings (SSSR count). The number of rotatable bonds is 1. The predicted molar refractivity (Wildman–Crippen MR) is 52.6 cm³/mol. The number of thiazole rings is 1. The first-order chi connectivity index (χ1) is 6.68. The third-order valence-corrected chi connectivity index (χ3v) is 2.75. The van der Waals surface area contributed by atoms with Crippen LogP contribution in [0.4, 0.5) is 4.39 Å². The van der Waals surface area contributed by atoms with Crippen LogP contribution in [-0.2, 0) is 0 Å². The highest BCUT2D eigenvalue weighted by molar-refractivity contribution is 7.13. The van der Waals surface area contributed by atoms with Gasteiger partial charge < -0.3 is 0 Å². The van der Waals surface area contributed by atoms with Gasteiger partial charge in [0.15, 0.2) is 5.82 Å². The van der Waals surface area contributed by atoms with Crippen LogP contribution in [-0.4, -0.2) is 15.0 Å². The highest BCUT2D eigenvalue weighted by atomic mass is 32.1. The number of hydrogen-bond donors (Lipinski definition) is 0. The Morgan fingerprint density at radius 1 is 1.29 bits per heavy atom. The fourth-order valence-corrected chi connectivity index (χ4v) is 1.58. The van der Waals surface area contributed by atoms with Crippen molar-refractivity contribution in [3.8, 4) is 10.7 Å². The van der Waals surface area contributed by atoms with Crippen molar-refractivity contribution < 1.29 is 4.39 Å². The summed E-state index contributed by atoms with van der Waals surface area (Å²) in [5.74, 6) is -0.0472. The predicted octanol–water partition coefficient (Wildman–Crippen LogP) is 2.36. The molecule has 72 valence electrons. The second-order valence-corrected chi connectivity index (χ2v) is 3.80.